The second kappa shape index (κ2) is 8.37. The number of nitrogens with one attached hydrogen (secondary N) is 2. The Labute approximate surface area is 148 Å². The van der Waals surface area contributed by atoms with Gasteiger partial charge in [-0.2, -0.15) is 13.2 Å². The van der Waals surface area contributed by atoms with Crippen LogP contribution in [0.3, 0.4) is 0 Å². The van der Waals surface area contributed by atoms with Crippen molar-refractivity contribution >= 4 is 17.5 Å². The number of anilines is 1. The molecule has 0 bridgehead atoms. The van der Waals surface area contributed by atoms with Crippen LogP contribution in [-0.2, 0) is 11.2 Å². The summed E-state index contributed by atoms with van der Waals surface area (Å²) in [6, 6.07) is 12.6. The third-order valence-electron chi connectivity index (χ3n) is 3.40. The molecule has 0 spiro atoms. The minimum absolute atomic E-state index is 0.0717. The fourth-order valence-electron chi connectivity index (χ4n) is 2.12. The Hall–Kier alpha value is -3.03. The Morgan fingerprint density at radius 2 is 1.62 bits per heavy atom. The van der Waals surface area contributed by atoms with Crippen LogP contribution in [0.5, 0.6) is 5.75 Å². The van der Waals surface area contributed by atoms with Crippen LogP contribution in [0, 0.1) is 0 Å². The first-order chi connectivity index (χ1) is 12.3. The van der Waals surface area contributed by atoms with E-state index in [2.05, 4.69) is 5.32 Å². The summed E-state index contributed by atoms with van der Waals surface area (Å²) in [5, 5.41) is 4.44. The van der Waals surface area contributed by atoms with E-state index in [9.17, 15) is 22.8 Å². The van der Waals surface area contributed by atoms with Crippen LogP contribution in [0.1, 0.15) is 15.9 Å². The van der Waals surface area contributed by atoms with Crippen LogP contribution in [0.2, 0.25) is 0 Å². The molecule has 8 heteroatoms. The number of hydrogen-bond donors (Lipinski definition) is 2. The van der Waals surface area contributed by atoms with Crippen molar-refractivity contribution in [3.8, 4) is 5.75 Å². The molecule has 0 aliphatic carbocycles. The summed E-state index contributed by atoms with van der Waals surface area (Å²) >= 11 is 0. The summed E-state index contributed by atoms with van der Waals surface area (Å²) in [4.78, 5) is 23.6. The van der Waals surface area contributed by atoms with Crippen LogP contribution < -0.4 is 15.4 Å². The smallest absolute Gasteiger partial charge is 0.405 e. The fraction of sp³-hybridized carbons (Fsp3) is 0.222. The molecule has 2 aromatic rings. The highest BCUT2D eigenvalue weighted by molar-refractivity contribution is 5.96. The van der Waals surface area contributed by atoms with E-state index in [0.29, 0.717) is 11.4 Å². The second-order valence-corrected chi connectivity index (χ2v) is 5.45. The Kier molecular flexibility index (Phi) is 6.21. The van der Waals surface area contributed by atoms with Crippen molar-refractivity contribution in [2.24, 2.45) is 0 Å². The lowest BCUT2D eigenvalue weighted by Crippen LogP contribution is -2.33. The van der Waals surface area contributed by atoms with E-state index in [1.807, 2.05) is 0 Å². The summed E-state index contributed by atoms with van der Waals surface area (Å²) < 4.78 is 41.3. The molecule has 2 aromatic carbocycles. The van der Waals surface area contributed by atoms with Crippen molar-refractivity contribution in [1.29, 1.82) is 0 Å². The van der Waals surface area contributed by atoms with Crippen molar-refractivity contribution in [3.63, 3.8) is 0 Å². The van der Waals surface area contributed by atoms with Gasteiger partial charge < -0.3 is 15.4 Å². The van der Waals surface area contributed by atoms with Crippen molar-refractivity contribution in [1.82, 2.24) is 5.32 Å². The molecule has 0 aromatic heterocycles. The minimum Gasteiger partial charge on any atom is -0.497 e. The van der Waals surface area contributed by atoms with Gasteiger partial charge in [-0.1, -0.05) is 12.1 Å². The molecule has 2 rings (SSSR count). The van der Waals surface area contributed by atoms with E-state index in [-0.39, 0.29) is 17.9 Å². The summed E-state index contributed by atoms with van der Waals surface area (Å²) in [7, 11) is 1.55. The largest absolute Gasteiger partial charge is 0.497 e. The van der Waals surface area contributed by atoms with Gasteiger partial charge in [-0.25, -0.2) is 0 Å². The van der Waals surface area contributed by atoms with E-state index in [0.717, 1.165) is 5.56 Å². The van der Waals surface area contributed by atoms with E-state index in [1.54, 1.807) is 36.7 Å². The van der Waals surface area contributed by atoms with Crippen molar-refractivity contribution in [3.05, 3.63) is 59.7 Å². The van der Waals surface area contributed by atoms with Gasteiger partial charge in [0.1, 0.15) is 12.3 Å². The van der Waals surface area contributed by atoms with Gasteiger partial charge in [-0.15, -0.1) is 0 Å². The highest BCUT2D eigenvalue weighted by atomic mass is 19.4. The maximum atomic E-state index is 12.1. The molecule has 2 N–H and O–H groups in total. The molecule has 0 heterocycles. The average molecular weight is 366 g/mol. The normalized spacial score (nSPS) is 10.9. The van der Waals surface area contributed by atoms with Gasteiger partial charge in [0.2, 0.25) is 5.91 Å². The number of benzene rings is 2. The van der Waals surface area contributed by atoms with Crippen LogP contribution in [0.15, 0.2) is 48.5 Å². The molecule has 0 fully saturated rings. The topological polar surface area (TPSA) is 67.4 Å². The standard InChI is InChI=1S/C18H17F3N2O3/c1-26-15-8-2-12(3-9-15)10-16(24)23-14-6-4-13(5-7-14)17(25)22-11-18(19,20)21/h2-9H,10-11H2,1H3,(H,22,25)(H,23,24). The van der Waals surface area contributed by atoms with E-state index in [1.165, 1.54) is 24.3 Å². The monoisotopic (exact) mass is 366 g/mol. The summed E-state index contributed by atoms with van der Waals surface area (Å²) in [6.07, 6.45) is -4.32. The van der Waals surface area contributed by atoms with Crippen LogP contribution >= 0.6 is 0 Å². The molecule has 0 radical (unpaired) electrons. The lowest BCUT2D eigenvalue weighted by atomic mass is 10.1. The van der Waals surface area contributed by atoms with Gasteiger partial charge in [0.15, 0.2) is 0 Å². The number of hydrogen-bond acceptors (Lipinski definition) is 3. The zero-order valence-corrected chi connectivity index (χ0v) is 13.9. The quantitative estimate of drug-likeness (QED) is 0.825. The van der Waals surface area contributed by atoms with Crippen LogP contribution in [0.4, 0.5) is 18.9 Å². The molecule has 0 aliphatic rings. The number of carbonyl (C=O) groups excluding carboxylic acids is 2. The highest BCUT2D eigenvalue weighted by Crippen LogP contribution is 2.15. The molecule has 5 nitrogen and oxygen atoms in total. The Bertz CT molecular complexity index is 757. The highest BCUT2D eigenvalue weighted by Gasteiger charge is 2.27. The molecule has 0 aliphatic heterocycles. The summed E-state index contributed by atoms with van der Waals surface area (Å²) in [5.74, 6) is -0.406. The first-order valence-corrected chi connectivity index (χ1v) is 7.64. The molecule has 2 amide bonds. The average Bonchev–Trinajstić information content (AvgIpc) is 2.60. The van der Waals surface area contributed by atoms with Gasteiger partial charge in [0, 0.05) is 11.3 Å². The van der Waals surface area contributed by atoms with Gasteiger partial charge in [0.05, 0.1) is 13.5 Å². The first-order valence-electron chi connectivity index (χ1n) is 7.64. The zero-order valence-electron chi connectivity index (χ0n) is 13.9. The van der Waals surface area contributed by atoms with Gasteiger partial charge in [-0.05, 0) is 42.0 Å². The molecule has 0 saturated heterocycles. The Balaban J connectivity index is 1.89. The van der Waals surface area contributed by atoms with Crippen LogP contribution in [0.25, 0.3) is 0 Å². The van der Waals surface area contributed by atoms with E-state index in [4.69, 9.17) is 4.74 Å². The minimum atomic E-state index is -4.47. The predicted molar refractivity (Wildman–Crippen MR) is 90.2 cm³/mol. The fourth-order valence-corrected chi connectivity index (χ4v) is 2.12. The molecule has 0 atom stereocenters. The van der Waals surface area contributed by atoms with Gasteiger partial charge in [0.25, 0.3) is 5.91 Å². The number of rotatable bonds is 6. The molecule has 0 saturated carbocycles. The zero-order chi connectivity index (χ0) is 19.2. The third-order valence-corrected chi connectivity index (χ3v) is 3.40. The Morgan fingerprint density at radius 1 is 1.00 bits per heavy atom. The number of carbonyl (C=O) groups is 2. The molecule has 0 unspecified atom stereocenters. The van der Waals surface area contributed by atoms with Crippen molar-refractivity contribution < 1.29 is 27.5 Å². The van der Waals surface area contributed by atoms with E-state index < -0.39 is 18.6 Å². The van der Waals surface area contributed by atoms with E-state index >= 15 is 0 Å². The number of halogens is 3. The lowest BCUT2D eigenvalue weighted by molar-refractivity contribution is -0.123. The Morgan fingerprint density at radius 3 is 2.15 bits per heavy atom. The molecule has 138 valence electrons. The SMILES string of the molecule is COc1ccc(CC(=O)Nc2ccc(C(=O)NCC(F)(F)F)cc2)cc1. The predicted octanol–water partition coefficient (Wildman–Crippen LogP) is 3.17. The number of methoxy groups -OCH3 is 1. The second-order valence-electron chi connectivity index (χ2n) is 5.45. The van der Waals surface area contributed by atoms with Gasteiger partial charge >= 0.3 is 6.18 Å². The van der Waals surface area contributed by atoms with Crippen LogP contribution in [-0.4, -0.2) is 31.6 Å². The molecular weight excluding hydrogens is 349 g/mol. The lowest BCUT2D eigenvalue weighted by Gasteiger charge is -2.09. The maximum Gasteiger partial charge on any atom is 0.405 e. The number of amides is 2. The maximum absolute atomic E-state index is 12.1. The number of ether oxygens (including phenoxy) is 1. The molecular formula is C18H17F3N2O3. The third kappa shape index (κ3) is 6.12. The van der Waals surface area contributed by atoms with Crippen molar-refractivity contribution in [2.75, 3.05) is 19.0 Å². The first kappa shape index (κ1) is 19.3. The van der Waals surface area contributed by atoms with Gasteiger partial charge in [-0.3, -0.25) is 9.59 Å². The summed E-state index contributed by atoms with van der Waals surface area (Å²) in [5.41, 5.74) is 1.31. The van der Waals surface area contributed by atoms with Crippen molar-refractivity contribution in [2.45, 2.75) is 12.6 Å². The molecule has 26 heavy (non-hydrogen) atoms. The summed E-state index contributed by atoms with van der Waals surface area (Å²) in [6.45, 7) is -1.40. The number of alkyl halides is 3.